The average Bonchev–Trinajstić information content (AvgIpc) is 2.71. The third-order valence-corrected chi connectivity index (χ3v) is 4.75. The summed E-state index contributed by atoms with van der Waals surface area (Å²) in [5.74, 6) is -1.05. The first kappa shape index (κ1) is 19.4. The van der Waals surface area contributed by atoms with E-state index in [1.165, 1.54) is 17.7 Å². The Morgan fingerprint density at radius 3 is 2.48 bits per heavy atom. The average molecular weight is 374 g/mol. The van der Waals surface area contributed by atoms with Gasteiger partial charge < -0.3 is 14.2 Å². The van der Waals surface area contributed by atoms with Gasteiger partial charge in [0.05, 0.1) is 19.3 Å². The molecule has 0 bridgehead atoms. The second kappa shape index (κ2) is 9.00. The van der Waals surface area contributed by atoms with Crippen molar-refractivity contribution in [2.24, 2.45) is 0 Å². The zero-order valence-electron chi connectivity index (χ0n) is 15.4. The van der Waals surface area contributed by atoms with Crippen LogP contribution in [0.5, 0.6) is 11.5 Å². The second-order valence-electron chi connectivity index (χ2n) is 6.52. The van der Waals surface area contributed by atoms with Gasteiger partial charge in [0.15, 0.2) is 11.6 Å². The van der Waals surface area contributed by atoms with E-state index in [1.54, 1.807) is 6.92 Å². The molecule has 3 nitrogen and oxygen atoms in total. The summed E-state index contributed by atoms with van der Waals surface area (Å²) in [6.45, 7) is 6.38. The van der Waals surface area contributed by atoms with E-state index in [-0.39, 0.29) is 30.6 Å². The standard InChI is InChI=1S/C22H24F2O3/c1-3-18-9-7-16(13-26-18)15-5-10-19(11-6-15)27-14-17-8-12-20(25-4-2)22(24)21(17)23/h3,5-6,8,10-12,16,18H,1,4,7,9,13-14H2,2H3. The molecule has 0 saturated carbocycles. The Hall–Kier alpha value is -2.40. The molecule has 1 aliphatic heterocycles. The van der Waals surface area contributed by atoms with E-state index in [1.807, 2.05) is 30.3 Å². The first-order valence-corrected chi connectivity index (χ1v) is 9.19. The molecule has 1 fully saturated rings. The molecule has 0 N–H and O–H groups in total. The van der Waals surface area contributed by atoms with Gasteiger partial charge in [0, 0.05) is 11.5 Å². The topological polar surface area (TPSA) is 27.7 Å². The van der Waals surface area contributed by atoms with Crippen molar-refractivity contribution in [2.75, 3.05) is 13.2 Å². The largest absolute Gasteiger partial charge is 0.491 e. The molecule has 2 atom stereocenters. The summed E-state index contributed by atoms with van der Waals surface area (Å²) in [6.07, 6.45) is 4.01. The fraction of sp³-hybridized carbons (Fsp3) is 0.364. The lowest BCUT2D eigenvalue weighted by atomic mass is 9.91. The molecule has 0 amide bonds. The van der Waals surface area contributed by atoms with E-state index in [2.05, 4.69) is 6.58 Å². The van der Waals surface area contributed by atoms with E-state index in [4.69, 9.17) is 14.2 Å². The summed E-state index contributed by atoms with van der Waals surface area (Å²) >= 11 is 0. The van der Waals surface area contributed by atoms with Gasteiger partial charge in [-0.25, -0.2) is 4.39 Å². The van der Waals surface area contributed by atoms with Crippen molar-refractivity contribution in [3.8, 4) is 11.5 Å². The van der Waals surface area contributed by atoms with Crippen LogP contribution in [0.25, 0.3) is 0 Å². The fourth-order valence-corrected chi connectivity index (χ4v) is 3.17. The van der Waals surface area contributed by atoms with Crippen LogP contribution in [0.2, 0.25) is 0 Å². The smallest absolute Gasteiger partial charge is 0.201 e. The minimum atomic E-state index is -0.983. The molecule has 0 aliphatic carbocycles. The molecule has 2 aromatic carbocycles. The molecule has 2 aromatic rings. The predicted molar refractivity (Wildman–Crippen MR) is 100 cm³/mol. The molecule has 144 valence electrons. The summed E-state index contributed by atoms with van der Waals surface area (Å²) in [7, 11) is 0. The van der Waals surface area contributed by atoms with Crippen LogP contribution in [-0.4, -0.2) is 19.3 Å². The third-order valence-electron chi connectivity index (χ3n) is 4.75. The van der Waals surface area contributed by atoms with Crippen molar-refractivity contribution in [3.05, 3.63) is 71.8 Å². The number of rotatable bonds is 7. The van der Waals surface area contributed by atoms with Gasteiger partial charge in [-0.3, -0.25) is 0 Å². The lowest BCUT2D eigenvalue weighted by molar-refractivity contribution is 0.0329. The molecule has 1 saturated heterocycles. The summed E-state index contributed by atoms with van der Waals surface area (Å²) in [6, 6.07) is 10.6. The molecule has 3 rings (SSSR count). The van der Waals surface area contributed by atoms with Gasteiger partial charge in [-0.15, -0.1) is 6.58 Å². The maximum absolute atomic E-state index is 14.1. The van der Waals surface area contributed by atoms with Crippen molar-refractivity contribution < 1.29 is 23.0 Å². The van der Waals surface area contributed by atoms with Crippen LogP contribution in [-0.2, 0) is 11.3 Å². The zero-order valence-corrected chi connectivity index (χ0v) is 15.4. The van der Waals surface area contributed by atoms with Crippen LogP contribution in [0.1, 0.15) is 36.8 Å². The molecule has 2 unspecified atom stereocenters. The van der Waals surface area contributed by atoms with Crippen LogP contribution in [0.4, 0.5) is 8.78 Å². The highest BCUT2D eigenvalue weighted by Gasteiger charge is 2.21. The molecule has 1 heterocycles. The first-order valence-electron chi connectivity index (χ1n) is 9.19. The quantitative estimate of drug-likeness (QED) is 0.608. The van der Waals surface area contributed by atoms with Crippen LogP contribution >= 0.6 is 0 Å². The van der Waals surface area contributed by atoms with Crippen molar-refractivity contribution in [3.63, 3.8) is 0 Å². The van der Waals surface area contributed by atoms with Crippen LogP contribution in [0.15, 0.2) is 49.1 Å². The minimum Gasteiger partial charge on any atom is -0.491 e. The van der Waals surface area contributed by atoms with E-state index in [0.29, 0.717) is 18.3 Å². The number of hydrogen-bond acceptors (Lipinski definition) is 3. The van der Waals surface area contributed by atoms with Gasteiger partial charge in [-0.2, -0.15) is 4.39 Å². The highest BCUT2D eigenvalue weighted by Crippen LogP contribution is 2.30. The summed E-state index contributed by atoms with van der Waals surface area (Å²) < 4.78 is 44.4. The fourth-order valence-electron chi connectivity index (χ4n) is 3.17. The normalized spacial score (nSPS) is 19.5. The van der Waals surface area contributed by atoms with Crippen LogP contribution < -0.4 is 9.47 Å². The zero-order chi connectivity index (χ0) is 19.2. The first-order chi connectivity index (χ1) is 13.1. The number of halogens is 2. The molecule has 5 heteroatoms. The van der Waals surface area contributed by atoms with Gasteiger partial charge in [0.1, 0.15) is 12.4 Å². The van der Waals surface area contributed by atoms with Gasteiger partial charge in [-0.1, -0.05) is 18.2 Å². The van der Waals surface area contributed by atoms with Crippen molar-refractivity contribution in [2.45, 2.75) is 38.4 Å². The van der Waals surface area contributed by atoms with Crippen molar-refractivity contribution >= 4 is 0 Å². The Morgan fingerprint density at radius 1 is 1.07 bits per heavy atom. The van der Waals surface area contributed by atoms with Crippen molar-refractivity contribution in [1.29, 1.82) is 0 Å². The highest BCUT2D eigenvalue weighted by molar-refractivity contribution is 5.33. The predicted octanol–water partition coefficient (Wildman–Crippen LogP) is 5.39. The SMILES string of the molecule is C=CC1CCC(c2ccc(OCc3ccc(OCC)c(F)c3F)cc2)CO1. The third kappa shape index (κ3) is 4.66. The second-order valence-corrected chi connectivity index (χ2v) is 6.52. The highest BCUT2D eigenvalue weighted by atomic mass is 19.2. The lowest BCUT2D eigenvalue weighted by Gasteiger charge is -2.27. The molecule has 0 radical (unpaired) electrons. The molecule has 27 heavy (non-hydrogen) atoms. The van der Waals surface area contributed by atoms with Gasteiger partial charge in [-0.05, 0) is 49.6 Å². The number of hydrogen-bond donors (Lipinski definition) is 0. The maximum atomic E-state index is 14.1. The Bertz CT molecular complexity index is 766. The molecule has 0 spiro atoms. The molecule has 0 aromatic heterocycles. The number of ether oxygens (including phenoxy) is 3. The Kier molecular flexibility index (Phi) is 6.45. The van der Waals surface area contributed by atoms with E-state index >= 15 is 0 Å². The van der Waals surface area contributed by atoms with E-state index in [0.717, 1.165) is 12.8 Å². The van der Waals surface area contributed by atoms with Gasteiger partial charge >= 0.3 is 0 Å². The summed E-state index contributed by atoms with van der Waals surface area (Å²) in [5.41, 5.74) is 1.33. The Balaban J connectivity index is 1.59. The number of benzene rings is 2. The molecule has 1 aliphatic rings. The van der Waals surface area contributed by atoms with Crippen LogP contribution in [0, 0.1) is 11.6 Å². The lowest BCUT2D eigenvalue weighted by Crippen LogP contribution is -2.22. The van der Waals surface area contributed by atoms with Gasteiger partial charge in [0.2, 0.25) is 5.82 Å². The Labute approximate surface area is 158 Å². The maximum Gasteiger partial charge on any atom is 0.201 e. The Morgan fingerprint density at radius 2 is 1.85 bits per heavy atom. The monoisotopic (exact) mass is 374 g/mol. The van der Waals surface area contributed by atoms with Crippen molar-refractivity contribution in [1.82, 2.24) is 0 Å². The van der Waals surface area contributed by atoms with E-state index < -0.39 is 11.6 Å². The summed E-state index contributed by atoms with van der Waals surface area (Å²) in [5, 5.41) is 0. The molecular formula is C22H24F2O3. The molecular weight excluding hydrogens is 350 g/mol. The van der Waals surface area contributed by atoms with Gasteiger partial charge in [0.25, 0.3) is 0 Å². The van der Waals surface area contributed by atoms with E-state index in [9.17, 15) is 8.78 Å². The summed E-state index contributed by atoms with van der Waals surface area (Å²) in [4.78, 5) is 0. The minimum absolute atomic E-state index is 0.0535. The van der Waals surface area contributed by atoms with Crippen LogP contribution in [0.3, 0.4) is 0 Å².